The van der Waals surface area contributed by atoms with Crippen LogP contribution in [0, 0.1) is 0 Å². The molecule has 0 unspecified atom stereocenters. The minimum absolute atomic E-state index is 0. The lowest BCUT2D eigenvalue weighted by Crippen LogP contribution is -2.36. The van der Waals surface area contributed by atoms with Crippen molar-refractivity contribution in [2.24, 2.45) is 4.99 Å². The van der Waals surface area contributed by atoms with Crippen molar-refractivity contribution in [3.8, 4) is 0 Å². The Labute approximate surface area is 182 Å². The Morgan fingerprint density at radius 3 is 2.36 bits per heavy atom. The quantitative estimate of drug-likeness (QED) is 0.291. The molecule has 0 atom stereocenters. The number of fused-ring (bicyclic) bond motifs is 1. The minimum atomic E-state index is 0. The van der Waals surface area contributed by atoms with E-state index in [0.717, 1.165) is 22.7 Å². The molecule has 3 N–H and O–H groups in total. The monoisotopic (exact) mass is 491 g/mol. The van der Waals surface area contributed by atoms with Gasteiger partial charge >= 0.3 is 0 Å². The van der Waals surface area contributed by atoms with Crippen LogP contribution in [-0.4, -0.2) is 42.9 Å². The van der Waals surface area contributed by atoms with Gasteiger partial charge in [0.2, 0.25) is 0 Å². The van der Waals surface area contributed by atoms with Gasteiger partial charge in [-0.3, -0.25) is 9.79 Å². The third-order valence-corrected chi connectivity index (χ3v) is 4.32. The van der Waals surface area contributed by atoms with E-state index in [1.807, 2.05) is 36.4 Å². The fraction of sp³-hybridized carbons (Fsp3) is 0.238. The average Bonchev–Trinajstić information content (AvgIpc) is 3.11. The highest BCUT2D eigenvalue weighted by molar-refractivity contribution is 14.0. The number of guanidine groups is 1. The molecule has 0 aliphatic carbocycles. The fourth-order valence-electron chi connectivity index (χ4n) is 2.84. The molecule has 28 heavy (non-hydrogen) atoms. The van der Waals surface area contributed by atoms with Gasteiger partial charge in [-0.1, -0.05) is 30.3 Å². The molecule has 1 amide bonds. The Balaban J connectivity index is 0.00000280. The zero-order valence-corrected chi connectivity index (χ0v) is 18.7. The van der Waals surface area contributed by atoms with Gasteiger partial charge in [-0.25, -0.2) is 0 Å². The maximum atomic E-state index is 11.9. The number of hydrogen-bond donors (Lipinski definition) is 3. The first-order chi connectivity index (χ1) is 13.1. The van der Waals surface area contributed by atoms with E-state index in [4.69, 9.17) is 0 Å². The Hall–Kier alpha value is -2.55. The molecule has 0 fully saturated rings. The Morgan fingerprint density at radius 2 is 1.71 bits per heavy atom. The molecular formula is C21H26IN5O. The number of aromatic nitrogens is 1. The molecule has 2 aromatic carbocycles. The summed E-state index contributed by atoms with van der Waals surface area (Å²) in [5.41, 5.74) is 4.00. The average molecular weight is 491 g/mol. The van der Waals surface area contributed by atoms with E-state index in [2.05, 4.69) is 38.8 Å². The number of nitrogens with zero attached hydrogens (tertiary/aromatic N) is 2. The molecule has 0 aliphatic rings. The predicted octanol–water partition coefficient (Wildman–Crippen LogP) is 3.35. The second-order valence-electron chi connectivity index (χ2n) is 6.56. The van der Waals surface area contributed by atoms with Crippen molar-refractivity contribution in [2.45, 2.75) is 13.1 Å². The molecule has 0 spiro atoms. The number of hydrogen-bond acceptors (Lipinski definition) is 2. The molecule has 0 saturated heterocycles. The van der Waals surface area contributed by atoms with Gasteiger partial charge in [0.15, 0.2) is 5.96 Å². The highest BCUT2D eigenvalue weighted by Crippen LogP contribution is 2.14. The van der Waals surface area contributed by atoms with Crippen molar-refractivity contribution in [3.05, 3.63) is 71.4 Å². The van der Waals surface area contributed by atoms with Gasteiger partial charge < -0.3 is 20.5 Å². The van der Waals surface area contributed by atoms with Crippen LogP contribution in [0.3, 0.4) is 0 Å². The largest absolute Gasteiger partial charge is 0.357 e. The van der Waals surface area contributed by atoms with Gasteiger partial charge in [0.05, 0.1) is 6.54 Å². The number of rotatable bonds is 5. The van der Waals surface area contributed by atoms with Crippen LogP contribution in [0.15, 0.2) is 59.6 Å². The molecule has 1 aromatic heterocycles. The first kappa shape index (κ1) is 21.7. The summed E-state index contributed by atoms with van der Waals surface area (Å²) >= 11 is 0. The second-order valence-corrected chi connectivity index (χ2v) is 6.56. The summed E-state index contributed by atoms with van der Waals surface area (Å²) in [5.74, 6) is 0.729. The van der Waals surface area contributed by atoms with Crippen LogP contribution in [0.2, 0.25) is 0 Å². The van der Waals surface area contributed by atoms with Crippen LogP contribution >= 0.6 is 24.0 Å². The molecule has 7 heteroatoms. The van der Waals surface area contributed by atoms with Crippen LogP contribution in [0.4, 0.5) is 0 Å². The normalized spacial score (nSPS) is 11.0. The number of aromatic amines is 1. The lowest BCUT2D eigenvalue weighted by atomic mass is 10.1. The lowest BCUT2D eigenvalue weighted by molar-refractivity contribution is 0.0827. The highest BCUT2D eigenvalue weighted by Gasteiger charge is 2.07. The molecule has 148 valence electrons. The number of benzene rings is 2. The summed E-state index contributed by atoms with van der Waals surface area (Å²) in [6.45, 7) is 1.29. The van der Waals surface area contributed by atoms with Crippen molar-refractivity contribution in [3.63, 3.8) is 0 Å². The third kappa shape index (κ3) is 5.48. The van der Waals surface area contributed by atoms with Crippen molar-refractivity contribution in [1.82, 2.24) is 20.5 Å². The number of halogens is 1. The molecular weight excluding hydrogens is 465 g/mol. The molecule has 0 aliphatic heterocycles. The number of para-hydroxylation sites is 1. The Bertz CT molecular complexity index is 914. The summed E-state index contributed by atoms with van der Waals surface area (Å²) in [4.78, 5) is 21.2. The highest BCUT2D eigenvalue weighted by atomic mass is 127. The number of aliphatic imine (C=N–C) groups is 1. The lowest BCUT2D eigenvalue weighted by Gasteiger charge is -2.13. The summed E-state index contributed by atoms with van der Waals surface area (Å²) < 4.78 is 0. The first-order valence-corrected chi connectivity index (χ1v) is 8.88. The molecule has 0 saturated carbocycles. The molecule has 0 radical (unpaired) electrons. The molecule has 3 rings (SSSR count). The molecule has 0 bridgehead atoms. The topological polar surface area (TPSA) is 72.5 Å². The standard InChI is InChI=1S/C21H25N5O.HI/c1-22-21(24-14-18-12-17-6-4-5-7-19(17)25-18)23-13-15-8-10-16(11-9-15)20(27)26(2)3;/h4-12,25H,13-14H2,1-3H3,(H2,22,23,24);1H. The number of amides is 1. The number of carbonyl (C=O) groups excluding carboxylic acids is 1. The Kier molecular flexibility index (Phi) is 7.86. The third-order valence-electron chi connectivity index (χ3n) is 4.32. The van der Waals surface area contributed by atoms with Gasteiger partial charge in [-0.05, 0) is 35.2 Å². The van der Waals surface area contributed by atoms with Crippen LogP contribution in [0.1, 0.15) is 21.6 Å². The summed E-state index contributed by atoms with van der Waals surface area (Å²) in [6.07, 6.45) is 0. The van der Waals surface area contributed by atoms with Crippen LogP contribution in [0.25, 0.3) is 10.9 Å². The van der Waals surface area contributed by atoms with E-state index in [-0.39, 0.29) is 29.9 Å². The van der Waals surface area contributed by atoms with Crippen LogP contribution < -0.4 is 10.6 Å². The SMILES string of the molecule is CN=C(NCc1ccc(C(=O)N(C)C)cc1)NCc1cc2ccccc2[nH]1.I. The van der Waals surface area contributed by atoms with E-state index in [1.165, 1.54) is 5.39 Å². The van der Waals surface area contributed by atoms with Crippen LogP contribution in [0.5, 0.6) is 0 Å². The number of H-pyrrole nitrogens is 1. The number of carbonyl (C=O) groups is 1. The predicted molar refractivity (Wildman–Crippen MR) is 125 cm³/mol. The summed E-state index contributed by atoms with van der Waals surface area (Å²) in [5, 5.41) is 7.80. The maximum absolute atomic E-state index is 11.9. The number of nitrogens with one attached hydrogen (secondary N) is 3. The van der Waals surface area contributed by atoms with Crippen molar-refractivity contribution in [1.29, 1.82) is 0 Å². The van der Waals surface area contributed by atoms with Crippen LogP contribution in [-0.2, 0) is 13.1 Å². The van der Waals surface area contributed by atoms with E-state index < -0.39 is 0 Å². The van der Waals surface area contributed by atoms with E-state index in [0.29, 0.717) is 18.7 Å². The van der Waals surface area contributed by atoms with Gasteiger partial charge in [0, 0.05) is 44.5 Å². The van der Waals surface area contributed by atoms with E-state index >= 15 is 0 Å². The summed E-state index contributed by atoms with van der Waals surface area (Å²) in [7, 11) is 5.25. The zero-order chi connectivity index (χ0) is 19.2. The van der Waals surface area contributed by atoms with E-state index in [1.54, 1.807) is 26.0 Å². The van der Waals surface area contributed by atoms with Crippen molar-refractivity contribution in [2.75, 3.05) is 21.1 Å². The van der Waals surface area contributed by atoms with Crippen molar-refractivity contribution >= 4 is 46.7 Å². The molecule has 3 aromatic rings. The fourth-order valence-corrected chi connectivity index (χ4v) is 2.84. The minimum Gasteiger partial charge on any atom is -0.357 e. The van der Waals surface area contributed by atoms with Gasteiger partial charge in [-0.2, -0.15) is 0 Å². The Morgan fingerprint density at radius 1 is 1.04 bits per heavy atom. The zero-order valence-electron chi connectivity index (χ0n) is 16.3. The first-order valence-electron chi connectivity index (χ1n) is 8.88. The molecule has 1 heterocycles. The van der Waals surface area contributed by atoms with Gasteiger partial charge in [-0.15, -0.1) is 24.0 Å². The van der Waals surface area contributed by atoms with Gasteiger partial charge in [0.25, 0.3) is 5.91 Å². The summed E-state index contributed by atoms with van der Waals surface area (Å²) in [6, 6.07) is 17.9. The van der Waals surface area contributed by atoms with E-state index in [9.17, 15) is 4.79 Å². The van der Waals surface area contributed by atoms with Crippen molar-refractivity contribution < 1.29 is 4.79 Å². The smallest absolute Gasteiger partial charge is 0.253 e. The van der Waals surface area contributed by atoms with Gasteiger partial charge in [0.1, 0.15) is 0 Å². The maximum Gasteiger partial charge on any atom is 0.253 e. The second kappa shape index (κ2) is 10.1. The molecule has 6 nitrogen and oxygen atoms in total.